The SMILES string of the molecule is CCc1cc(Nc2nc(/N=C\C(C)C3CC3)c3cc[nH]c3n2)n[nH]1. The number of aromatic amines is 2. The van der Waals surface area contributed by atoms with Gasteiger partial charge in [-0.1, -0.05) is 13.8 Å². The summed E-state index contributed by atoms with van der Waals surface area (Å²) in [5.41, 5.74) is 1.83. The molecule has 1 saturated carbocycles. The van der Waals surface area contributed by atoms with Crippen LogP contribution in [0.3, 0.4) is 0 Å². The van der Waals surface area contributed by atoms with Crippen molar-refractivity contribution in [3.8, 4) is 0 Å². The second kappa shape index (κ2) is 6.07. The van der Waals surface area contributed by atoms with E-state index >= 15 is 0 Å². The van der Waals surface area contributed by atoms with Crippen LogP contribution >= 0.6 is 0 Å². The van der Waals surface area contributed by atoms with Gasteiger partial charge < -0.3 is 10.3 Å². The van der Waals surface area contributed by atoms with Crippen LogP contribution in [-0.2, 0) is 6.42 Å². The first-order valence-electron chi connectivity index (χ1n) is 8.43. The number of H-pyrrole nitrogens is 2. The maximum atomic E-state index is 4.63. The standard InChI is InChI=1S/C17H21N7/c1-3-12-8-14(24-23-12)20-17-21-15-13(6-7-18-15)16(22-17)19-9-10(2)11-4-5-11/h6-11H,3-5H2,1-2H3,(H3,18,20,21,22,23,24)/b19-9-. The van der Waals surface area contributed by atoms with Crippen LogP contribution in [0, 0.1) is 11.8 Å². The van der Waals surface area contributed by atoms with Crippen molar-refractivity contribution in [1.29, 1.82) is 0 Å². The Hall–Kier alpha value is -2.70. The zero-order valence-electron chi connectivity index (χ0n) is 13.9. The van der Waals surface area contributed by atoms with E-state index in [-0.39, 0.29) is 0 Å². The van der Waals surface area contributed by atoms with Gasteiger partial charge in [0.05, 0.1) is 5.39 Å². The summed E-state index contributed by atoms with van der Waals surface area (Å²) in [6.07, 6.45) is 7.39. The van der Waals surface area contributed by atoms with Crippen molar-refractivity contribution in [2.75, 3.05) is 5.32 Å². The third-order valence-electron chi connectivity index (χ3n) is 4.44. The Morgan fingerprint density at radius 1 is 1.42 bits per heavy atom. The first-order chi connectivity index (χ1) is 11.7. The molecule has 0 radical (unpaired) electrons. The van der Waals surface area contributed by atoms with Crippen molar-refractivity contribution >= 4 is 34.8 Å². The molecule has 4 rings (SSSR count). The molecule has 1 fully saturated rings. The van der Waals surface area contributed by atoms with E-state index in [1.54, 1.807) is 0 Å². The Kier molecular flexibility index (Phi) is 3.76. The van der Waals surface area contributed by atoms with Crippen molar-refractivity contribution in [1.82, 2.24) is 25.1 Å². The monoisotopic (exact) mass is 323 g/mol. The molecular formula is C17H21N7. The number of aryl methyl sites for hydroxylation is 1. The Labute approximate surface area is 140 Å². The predicted molar refractivity (Wildman–Crippen MR) is 95.2 cm³/mol. The number of fused-ring (bicyclic) bond motifs is 1. The average Bonchev–Trinajstić information content (AvgIpc) is 3.16. The maximum Gasteiger partial charge on any atom is 0.232 e. The fourth-order valence-electron chi connectivity index (χ4n) is 2.73. The summed E-state index contributed by atoms with van der Waals surface area (Å²) >= 11 is 0. The van der Waals surface area contributed by atoms with Crippen LogP contribution in [0.5, 0.6) is 0 Å². The molecule has 1 aliphatic carbocycles. The first-order valence-corrected chi connectivity index (χ1v) is 8.43. The summed E-state index contributed by atoms with van der Waals surface area (Å²) in [6, 6.07) is 3.91. The predicted octanol–water partition coefficient (Wildman–Crippen LogP) is 3.74. The summed E-state index contributed by atoms with van der Waals surface area (Å²) in [5.74, 6) is 3.15. The minimum atomic E-state index is 0.490. The number of nitrogens with zero attached hydrogens (tertiary/aromatic N) is 4. The van der Waals surface area contributed by atoms with Gasteiger partial charge in [-0.15, -0.1) is 0 Å². The molecule has 0 aromatic carbocycles. The van der Waals surface area contributed by atoms with E-state index in [4.69, 9.17) is 0 Å². The molecule has 124 valence electrons. The van der Waals surface area contributed by atoms with Gasteiger partial charge in [0, 0.05) is 24.2 Å². The van der Waals surface area contributed by atoms with E-state index in [1.807, 2.05) is 24.5 Å². The van der Waals surface area contributed by atoms with Crippen LogP contribution in [0.2, 0.25) is 0 Å². The fourth-order valence-corrected chi connectivity index (χ4v) is 2.73. The van der Waals surface area contributed by atoms with Gasteiger partial charge in [0.15, 0.2) is 11.6 Å². The molecule has 24 heavy (non-hydrogen) atoms. The van der Waals surface area contributed by atoms with Crippen LogP contribution in [0.15, 0.2) is 23.3 Å². The van der Waals surface area contributed by atoms with Gasteiger partial charge in [0.25, 0.3) is 0 Å². The Morgan fingerprint density at radius 2 is 2.29 bits per heavy atom. The zero-order valence-corrected chi connectivity index (χ0v) is 13.9. The maximum absolute atomic E-state index is 4.63. The molecule has 0 amide bonds. The lowest BCUT2D eigenvalue weighted by atomic mass is 10.1. The molecule has 0 spiro atoms. The molecule has 0 saturated heterocycles. The number of hydrogen-bond donors (Lipinski definition) is 3. The minimum Gasteiger partial charge on any atom is -0.346 e. The van der Waals surface area contributed by atoms with Crippen molar-refractivity contribution in [3.05, 3.63) is 24.0 Å². The molecule has 1 unspecified atom stereocenters. The molecule has 3 N–H and O–H groups in total. The van der Waals surface area contributed by atoms with Gasteiger partial charge in [-0.3, -0.25) is 5.10 Å². The minimum absolute atomic E-state index is 0.490. The highest BCUT2D eigenvalue weighted by molar-refractivity contribution is 5.88. The van der Waals surface area contributed by atoms with Crippen molar-refractivity contribution in [2.45, 2.75) is 33.1 Å². The van der Waals surface area contributed by atoms with Crippen LogP contribution in [-0.4, -0.2) is 31.4 Å². The van der Waals surface area contributed by atoms with E-state index in [0.717, 1.165) is 29.1 Å². The Morgan fingerprint density at radius 3 is 3.04 bits per heavy atom. The van der Waals surface area contributed by atoms with E-state index in [0.29, 0.717) is 23.5 Å². The van der Waals surface area contributed by atoms with E-state index in [1.165, 1.54) is 12.8 Å². The van der Waals surface area contributed by atoms with Crippen LogP contribution in [0.25, 0.3) is 11.0 Å². The molecule has 7 nitrogen and oxygen atoms in total. The molecule has 7 heteroatoms. The third-order valence-corrected chi connectivity index (χ3v) is 4.44. The van der Waals surface area contributed by atoms with Crippen LogP contribution in [0.4, 0.5) is 17.6 Å². The van der Waals surface area contributed by atoms with Crippen molar-refractivity contribution in [3.63, 3.8) is 0 Å². The normalized spacial score (nSPS) is 16.1. The summed E-state index contributed by atoms with van der Waals surface area (Å²) < 4.78 is 0. The second-order valence-corrected chi connectivity index (χ2v) is 6.34. The number of aliphatic imine (C=N–C) groups is 1. The Balaban J connectivity index is 1.63. The second-order valence-electron chi connectivity index (χ2n) is 6.34. The summed E-state index contributed by atoms with van der Waals surface area (Å²) in [4.78, 5) is 16.8. The molecule has 0 aliphatic heterocycles. The number of nitrogens with one attached hydrogen (secondary N) is 3. The van der Waals surface area contributed by atoms with E-state index in [2.05, 4.69) is 49.3 Å². The number of aromatic nitrogens is 5. The van der Waals surface area contributed by atoms with Crippen LogP contribution in [0.1, 0.15) is 32.4 Å². The largest absolute Gasteiger partial charge is 0.346 e. The van der Waals surface area contributed by atoms with Gasteiger partial charge >= 0.3 is 0 Å². The zero-order chi connectivity index (χ0) is 16.5. The summed E-state index contributed by atoms with van der Waals surface area (Å²) in [5, 5.41) is 11.3. The quantitative estimate of drug-likeness (QED) is 0.602. The van der Waals surface area contributed by atoms with Gasteiger partial charge in [-0.2, -0.15) is 15.1 Å². The molecular weight excluding hydrogens is 302 g/mol. The Bertz CT molecular complexity index is 872. The van der Waals surface area contributed by atoms with Crippen molar-refractivity contribution < 1.29 is 0 Å². The van der Waals surface area contributed by atoms with E-state index < -0.39 is 0 Å². The highest BCUT2D eigenvalue weighted by atomic mass is 15.2. The molecule has 0 bridgehead atoms. The van der Waals surface area contributed by atoms with Gasteiger partial charge in [-0.25, -0.2) is 4.99 Å². The summed E-state index contributed by atoms with van der Waals surface area (Å²) in [6.45, 7) is 4.29. The lowest BCUT2D eigenvalue weighted by molar-refractivity contribution is 0.679. The lowest BCUT2D eigenvalue weighted by Crippen LogP contribution is -2.00. The van der Waals surface area contributed by atoms with Crippen molar-refractivity contribution in [2.24, 2.45) is 16.8 Å². The lowest BCUT2D eigenvalue weighted by Gasteiger charge is -2.05. The van der Waals surface area contributed by atoms with Gasteiger partial charge in [0.2, 0.25) is 5.95 Å². The van der Waals surface area contributed by atoms with Gasteiger partial charge in [0.1, 0.15) is 5.65 Å². The molecule has 1 aliphatic rings. The van der Waals surface area contributed by atoms with E-state index in [9.17, 15) is 0 Å². The number of anilines is 2. The molecule has 1 atom stereocenters. The number of hydrogen-bond acceptors (Lipinski definition) is 5. The molecule has 3 aromatic rings. The smallest absolute Gasteiger partial charge is 0.232 e. The topological polar surface area (TPSA) is 94.6 Å². The third kappa shape index (κ3) is 3.02. The highest BCUT2D eigenvalue weighted by Crippen LogP contribution is 2.36. The summed E-state index contributed by atoms with van der Waals surface area (Å²) in [7, 11) is 0. The fraction of sp³-hybridized carbons (Fsp3) is 0.412. The molecule has 3 heterocycles. The first kappa shape index (κ1) is 14.9. The molecule has 3 aromatic heterocycles. The number of rotatable bonds is 6. The van der Waals surface area contributed by atoms with Crippen LogP contribution < -0.4 is 5.32 Å². The average molecular weight is 323 g/mol. The van der Waals surface area contributed by atoms with Gasteiger partial charge in [-0.05, 0) is 37.2 Å². The highest BCUT2D eigenvalue weighted by Gasteiger charge is 2.26.